The van der Waals surface area contributed by atoms with Crippen molar-refractivity contribution in [2.45, 2.75) is 45.9 Å². The first-order valence-corrected chi connectivity index (χ1v) is 7.16. The van der Waals surface area contributed by atoms with E-state index in [0.29, 0.717) is 18.6 Å². The summed E-state index contributed by atoms with van der Waals surface area (Å²) < 4.78 is 5.82. The number of fused-ring (bicyclic) bond motifs is 1. The molecule has 0 bridgehead atoms. The molecule has 1 heterocycles. The molecule has 2 atom stereocenters. The van der Waals surface area contributed by atoms with Crippen LogP contribution in [0.5, 0.6) is 5.75 Å². The first-order chi connectivity index (χ1) is 9.00. The van der Waals surface area contributed by atoms with Crippen molar-refractivity contribution in [1.82, 2.24) is 4.90 Å². The number of rotatable bonds is 4. The monoisotopic (exact) mass is 263 g/mol. The number of para-hydroxylation sites is 1. The molecule has 1 N–H and O–H groups in total. The maximum absolute atomic E-state index is 10.6. The average molecular weight is 263 g/mol. The number of aliphatic hydroxyl groups is 1. The van der Waals surface area contributed by atoms with Crippen molar-refractivity contribution in [2.75, 3.05) is 13.2 Å². The molecular formula is C16H25NO2. The van der Waals surface area contributed by atoms with Crippen molar-refractivity contribution in [3.63, 3.8) is 0 Å². The molecule has 0 saturated heterocycles. The summed E-state index contributed by atoms with van der Waals surface area (Å²) in [5.41, 5.74) is 0.910. The second-order valence-electron chi connectivity index (χ2n) is 6.05. The van der Waals surface area contributed by atoms with E-state index in [0.717, 1.165) is 17.9 Å². The predicted octanol–water partition coefficient (Wildman–Crippen LogP) is 2.85. The highest BCUT2D eigenvalue weighted by Crippen LogP contribution is 2.34. The van der Waals surface area contributed by atoms with Gasteiger partial charge in [0.15, 0.2) is 0 Å². The van der Waals surface area contributed by atoms with Gasteiger partial charge in [-0.3, -0.25) is 4.90 Å². The van der Waals surface area contributed by atoms with E-state index < -0.39 is 6.10 Å². The largest absolute Gasteiger partial charge is 0.491 e. The molecule has 0 radical (unpaired) electrons. The van der Waals surface area contributed by atoms with E-state index in [4.69, 9.17) is 4.74 Å². The Bertz CT molecular complexity index is 417. The summed E-state index contributed by atoms with van der Waals surface area (Å²) in [5, 5.41) is 10.6. The Morgan fingerprint density at radius 3 is 2.58 bits per heavy atom. The molecule has 106 valence electrons. The molecule has 1 aromatic carbocycles. The van der Waals surface area contributed by atoms with Gasteiger partial charge in [-0.1, -0.05) is 32.0 Å². The Balaban J connectivity index is 2.21. The maximum atomic E-state index is 10.6. The molecular weight excluding hydrogens is 238 g/mol. The van der Waals surface area contributed by atoms with Crippen molar-refractivity contribution >= 4 is 0 Å². The molecule has 1 aromatic rings. The van der Waals surface area contributed by atoms with Crippen LogP contribution in [-0.2, 0) is 0 Å². The first-order valence-electron chi connectivity index (χ1n) is 7.16. The molecule has 2 rings (SSSR count). The van der Waals surface area contributed by atoms with Gasteiger partial charge >= 0.3 is 0 Å². The molecule has 2 unspecified atom stereocenters. The Labute approximate surface area is 116 Å². The van der Waals surface area contributed by atoms with E-state index in [9.17, 15) is 5.11 Å². The third-order valence-corrected chi connectivity index (χ3v) is 3.68. The van der Waals surface area contributed by atoms with E-state index in [-0.39, 0.29) is 6.04 Å². The molecule has 0 aromatic heterocycles. The molecule has 0 spiro atoms. The van der Waals surface area contributed by atoms with Gasteiger partial charge in [-0.15, -0.1) is 0 Å². The summed E-state index contributed by atoms with van der Waals surface area (Å²) in [6, 6.07) is 8.22. The standard InChI is InChI=1S/C16H25NO2/c1-11(2)9-17(12(3)4)14-10-19-15-8-6-5-7-13(15)16(14)18/h5-8,11-12,14,16,18H,9-10H2,1-4H3. The van der Waals surface area contributed by atoms with Crippen molar-refractivity contribution in [2.24, 2.45) is 5.92 Å². The number of hydrogen-bond donors (Lipinski definition) is 1. The summed E-state index contributed by atoms with van der Waals surface area (Å²) >= 11 is 0. The summed E-state index contributed by atoms with van der Waals surface area (Å²) in [7, 11) is 0. The van der Waals surface area contributed by atoms with Crippen molar-refractivity contribution in [1.29, 1.82) is 0 Å². The fourth-order valence-corrected chi connectivity index (χ4v) is 2.76. The second kappa shape index (κ2) is 5.93. The van der Waals surface area contributed by atoms with Crippen LogP contribution in [0.3, 0.4) is 0 Å². The minimum atomic E-state index is -0.467. The minimum absolute atomic E-state index is 0.0392. The quantitative estimate of drug-likeness (QED) is 0.906. The van der Waals surface area contributed by atoms with Gasteiger partial charge in [0.2, 0.25) is 0 Å². The highest BCUT2D eigenvalue weighted by Gasteiger charge is 2.34. The van der Waals surface area contributed by atoms with Gasteiger partial charge in [-0.05, 0) is 25.8 Å². The lowest BCUT2D eigenvalue weighted by Gasteiger charge is -2.41. The highest BCUT2D eigenvalue weighted by atomic mass is 16.5. The molecule has 0 aliphatic carbocycles. The van der Waals surface area contributed by atoms with Gasteiger partial charge in [0.05, 0.1) is 6.04 Å². The van der Waals surface area contributed by atoms with Crippen LogP contribution in [-0.4, -0.2) is 35.2 Å². The highest BCUT2D eigenvalue weighted by molar-refractivity contribution is 5.37. The first kappa shape index (κ1) is 14.4. The predicted molar refractivity (Wildman–Crippen MR) is 77.4 cm³/mol. The Kier molecular flexibility index (Phi) is 4.48. The zero-order valence-electron chi connectivity index (χ0n) is 12.3. The van der Waals surface area contributed by atoms with Crippen molar-refractivity contribution in [3.8, 4) is 5.75 Å². The summed E-state index contributed by atoms with van der Waals surface area (Å²) in [5.74, 6) is 1.39. The molecule has 0 fully saturated rings. The zero-order chi connectivity index (χ0) is 14.0. The van der Waals surface area contributed by atoms with Crippen LogP contribution >= 0.6 is 0 Å². The fraction of sp³-hybridized carbons (Fsp3) is 0.625. The van der Waals surface area contributed by atoms with E-state index in [1.807, 2.05) is 24.3 Å². The number of benzene rings is 1. The van der Waals surface area contributed by atoms with Crippen LogP contribution in [0.1, 0.15) is 39.4 Å². The van der Waals surface area contributed by atoms with Crippen molar-refractivity contribution in [3.05, 3.63) is 29.8 Å². The lowest BCUT2D eigenvalue weighted by atomic mass is 9.96. The maximum Gasteiger partial charge on any atom is 0.125 e. The Morgan fingerprint density at radius 2 is 1.95 bits per heavy atom. The lowest BCUT2D eigenvalue weighted by molar-refractivity contribution is -0.0155. The van der Waals surface area contributed by atoms with Crippen LogP contribution in [0.25, 0.3) is 0 Å². The summed E-state index contributed by atoms with van der Waals surface area (Å²) in [6.07, 6.45) is -0.467. The summed E-state index contributed by atoms with van der Waals surface area (Å²) in [4.78, 5) is 2.35. The molecule has 0 saturated carbocycles. The van der Waals surface area contributed by atoms with Gasteiger partial charge in [0.1, 0.15) is 18.5 Å². The Morgan fingerprint density at radius 1 is 1.26 bits per heavy atom. The van der Waals surface area contributed by atoms with Gasteiger partial charge in [0.25, 0.3) is 0 Å². The molecule has 1 aliphatic heterocycles. The van der Waals surface area contributed by atoms with Crippen LogP contribution in [0.2, 0.25) is 0 Å². The third kappa shape index (κ3) is 3.10. The SMILES string of the molecule is CC(C)CN(C(C)C)C1COc2ccccc2C1O. The van der Waals surface area contributed by atoms with Crippen LogP contribution < -0.4 is 4.74 Å². The van der Waals surface area contributed by atoms with Gasteiger partial charge in [-0.2, -0.15) is 0 Å². The van der Waals surface area contributed by atoms with E-state index in [1.165, 1.54) is 0 Å². The van der Waals surface area contributed by atoms with E-state index in [2.05, 4.69) is 32.6 Å². The number of aliphatic hydroxyl groups excluding tert-OH is 1. The topological polar surface area (TPSA) is 32.7 Å². The molecule has 3 nitrogen and oxygen atoms in total. The van der Waals surface area contributed by atoms with Crippen LogP contribution in [0, 0.1) is 5.92 Å². The van der Waals surface area contributed by atoms with Crippen LogP contribution in [0.4, 0.5) is 0 Å². The third-order valence-electron chi connectivity index (χ3n) is 3.68. The molecule has 0 amide bonds. The normalized spacial score (nSPS) is 22.7. The smallest absolute Gasteiger partial charge is 0.125 e. The lowest BCUT2D eigenvalue weighted by Crippen LogP contribution is -2.50. The minimum Gasteiger partial charge on any atom is -0.491 e. The fourth-order valence-electron chi connectivity index (χ4n) is 2.76. The Hall–Kier alpha value is -1.06. The van der Waals surface area contributed by atoms with Crippen molar-refractivity contribution < 1.29 is 9.84 Å². The number of hydrogen-bond acceptors (Lipinski definition) is 3. The van der Waals surface area contributed by atoms with Gasteiger partial charge < -0.3 is 9.84 Å². The molecule has 1 aliphatic rings. The number of ether oxygens (including phenoxy) is 1. The van der Waals surface area contributed by atoms with E-state index in [1.54, 1.807) is 0 Å². The van der Waals surface area contributed by atoms with Gasteiger partial charge in [-0.25, -0.2) is 0 Å². The molecule has 3 heteroatoms. The zero-order valence-corrected chi connectivity index (χ0v) is 12.3. The second-order valence-corrected chi connectivity index (χ2v) is 6.05. The average Bonchev–Trinajstić information content (AvgIpc) is 2.37. The van der Waals surface area contributed by atoms with Crippen LogP contribution in [0.15, 0.2) is 24.3 Å². The van der Waals surface area contributed by atoms with Gasteiger partial charge in [0, 0.05) is 18.2 Å². The summed E-state index contributed by atoms with van der Waals surface area (Å²) in [6.45, 7) is 10.3. The van der Waals surface area contributed by atoms with E-state index >= 15 is 0 Å². The molecule has 19 heavy (non-hydrogen) atoms. The number of nitrogens with zero attached hydrogens (tertiary/aromatic N) is 1.